The first-order valence-corrected chi connectivity index (χ1v) is 5.05. The Morgan fingerprint density at radius 2 is 2.14 bits per heavy atom. The average molecular weight is 196 g/mol. The fraction of sp³-hybridized carbons (Fsp3) is 0.778. The summed E-state index contributed by atoms with van der Waals surface area (Å²) in [6.07, 6.45) is 3.66. The Bertz CT molecular complexity index is 323. The van der Waals surface area contributed by atoms with Crippen molar-refractivity contribution in [2.45, 2.75) is 44.8 Å². The summed E-state index contributed by atoms with van der Waals surface area (Å²) >= 11 is 0. The van der Waals surface area contributed by atoms with Gasteiger partial charge in [-0.15, -0.1) is 0 Å². The van der Waals surface area contributed by atoms with E-state index in [0.717, 1.165) is 25.7 Å². The summed E-state index contributed by atoms with van der Waals surface area (Å²) < 4.78 is 1.67. The normalized spacial score (nSPS) is 27.9. The van der Waals surface area contributed by atoms with Crippen molar-refractivity contribution in [2.75, 3.05) is 5.73 Å². The lowest BCUT2D eigenvalue weighted by molar-refractivity contribution is 0.0703. The summed E-state index contributed by atoms with van der Waals surface area (Å²) in [6, 6.07) is 0.0185. The summed E-state index contributed by atoms with van der Waals surface area (Å²) in [5.41, 5.74) is 5.71. The number of hydrogen-bond donors (Lipinski definition) is 2. The van der Waals surface area contributed by atoms with E-state index < -0.39 is 0 Å². The molecule has 1 aromatic heterocycles. The number of aliphatic hydroxyl groups is 1. The molecule has 5 nitrogen and oxygen atoms in total. The molecule has 1 saturated carbocycles. The molecule has 5 heteroatoms. The van der Waals surface area contributed by atoms with Gasteiger partial charge < -0.3 is 10.8 Å². The van der Waals surface area contributed by atoms with Gasteiger partial charge in [-0.3, -0.25) is 0 Å². The quantitative estimate of drug-likeness (QED) is 0.691. The second kappa shape index (κ2) is 3.57. The molecule has 78 valence electrons. The van der Waals surface area contributed by atoms with Gasteiger partial charge in [0.1, 0.15) is 5.82 Å². The molecule has 0 aliphatic heterocycles. The Morgan fingerprint density at radius 3 is 2.71 bits per heavy atom. The number of aromatic nitrogens is 3. The van der Waals surface area contributed by atoms with E-state index in [4.69, 9.17) is 5.73 Å². The fourth-order valence-corrected chi connectivity index (χ4v) is 2.07. The first kappa shape index (κ1) is 9.45. The highest BCUT2D eigenvalue weighted by molar-refractivity contribution is 5.17. The van der Waals surface area contributed by atoms with Crippen LogP contribution < -0.4 is 5.73 Å². The number of hydrogen-bond acceptors (Lipinski definition) is 4. The topological polar surface area (TPSA) is 77.0 Å². The molecule has 0 saturated heterocycles. The van der Waals surface area contributed by atoms with Crippen LogP contribution in [-0.4, -0.2) is 26.0 Å². The second-order valence-corrected chi connectivity index (χ2v) is 3.88. The van der Waals surface area contributed by atoms with Gasteiger partial charge in [0.25, 0.3) is 0 Å². The second-order valence-electron chi connectivity index (χ2n) is 3.88. The third-order valence-corrected chi connectivity index (χ3v) is 2.77. The largest absolute Gasteiger partial charge is 0.391 e. The maximum atomic E-state index is 9.81. The van der Waals surface area contributed by atoms with E-state index in [1.165, 1.54) is 0 Å². The predicted molar refractivity (Wildman–Crippen MR) is 52.7 cm³/mol. The highest BCUT2D eigenvalue weighted by Crippen LogP contribution is 2.29. The van der Waals surface area contributed by atoms with Crippen molar-refractivity contribution in [1.29, 1.82) is 0 Å². The van der Waals surface area contributed by atoms with E-state index in [0.29, 0.717) is 11.8 Å². The number of nitrogen functional groups attached to an aromatic ring is 1. The van der Waals surface area contributed by atoms with E-state index in [9.17, 15) is 5.11 Å². The Kier molecular flexibility index (Phi) is 2.41. The maximum absolute atomic E-state index is 9.81. The number of anilines is 1. The molecule has 1 heterocycles. The molecule has 0 bridgehead atoms. The molecular formula is C9H16N4O. The monoisotopic (exact) mass is 196 g/mol. The Hall–Kier alpha value is -1.10. The third-order valence-electron chi connectivity index (χ3n) is 2.77. The molecule has 0 spiro atoms. The van der Waals surface area contributed by atoms with Gasteiger partial charge in [-0.1, -0.05) is 12.8 Å². The van der Waals surface area contributed by atoms with Crippen LogP contribution in [0.15, 0.2) is 0 Å². The van der Waals surface area contributed by atoms with E-state index in [1.54, 1.807) is 4.68 Å². The minimum absolute atomic E-state index is 0.0185. The van der Waals surface area contributed by atoms with Crippen molar-refractivity contribution < 1.29 is 5.11 Å². The van der Waals surface area contributed by atoms with Gasteiger partial charge in [0.05, 0.1) is 12.1 Å². The summed E-state index contributed by atoms with van der Waals surface area (Å²) in [7, 11) is 0. The molecule has 2 atom stereocenters. The summed E-state index contributed by atoms with van der Waals surface area (Å²) in [5, 5.41) is 14.0. The van der Waals surface area contributed by atoms with Crippen molar-refractivity contribution in [1.82, 2.24) is 14.8 Å². The molecule has 0 amide bonds. The summed E-state index contributed by atoms with van der Waals surface area (Å²) in [4.78, 5) is 4.04. The molecule has 1 aliphatic carbocycles. The molecule has 2 rings (SSSR count). The van der Waals surface area contributed by atoms with Crippen molar-refractivity contribution in [3.63, 3.8) is 0 Å². The highest BCUT2D eigenvalue weighted by Gasteiger charge is 2.27. The number of aryl methyl sites for hydroxylation is 1. The molecular weight excluding hydrogens is 180 g/mol. The highest BCUT2D eigenvalue weighted by atomic mass is 16.3. The van der Waals surface area contributed by atoms with E-state index in [2.05, 4.69) is 10.1 Å². The van der Waals surface area contributed by atoms with Gasteiger partial charge in [0.2, 0.25) is 5.95 Å². The van der Waals surface area contributed by atoms with Gasteiger partial charge in [-0.25, -0.2) is 4.68 Å². The van der Waals surface area contributed by atoms with Crippen LogP contribution in [-0.2, 0) is 0 Å². The Morgan fingerprint density at radius 1 is 1.43 bits per heavy atom. The van der Waals surface area contributed by atoms with Gasteiger partial charge in [-0.05, 0) is 19.8 Å². The third kappa shape index (κ3) is 1.59. The lowest BCUT2D eigenvalue weighted by Gasteiger charge is -2.27. The van der Waals surface area contributed by atoms with E-state index >= 15 is 0 Å². The lowest BCUT2D eigenvalue weighted by Crippen LogP contribution is -2.29. The molecule has 3 N–H and O–H groups in total. The molecule has 0 aromatic carbocycles. The number of nitrogens with two attached hydrogens (primary N) is 1. The van der Waals surface area contributed by atoms with Gasteiger partial charge in [0.15, 0.2) is 0 Å². The van der Waals surface area contributed by atoms with Gasteiger partial charge in [0, 0.05) is 0 Å². The lowest BCUT2D eigenvalue weighted by atomic mass is 9.93. The smallest absolute Gasteiger partial charge is 0.219 e. The zero-order valence-electron chi connectivity index (χ0n) is 8.35. The number of aliphatic hydroxyl groups excluding tert-OH is 1. The van der Waals surface area contributed by atoms with E-state index in [-0.39, 0.29) is 12.1 Å². The maximum Gasteiger partial charge on any atom is 0.219 e. The standard InChI is InChI=1S/C9H16N4O/c1-6-11-9(10)13(12-6)7-4-2-3-5-8(7)14/h7-8,14H,2-5H2,1H3,(H2,10,11,12). The summed E-state index contributed by atoms with van der Waals surface area (Å²) in [5.74, 6) is 1.08. The molecule has 1 fully saturated rings. The van der Waals surface area contributed by atoms with Crippen molar-refractivity contribution >= 4 is 5.95 Å². The number of nitrogens with zero attached hydrogens (tertiary/aromatic N) is 3. The molecule has 1 aliphatic rings. The van der Waals surface area contributed by atoms with Crippen LogP contribution in [0.3, 0.4) is 0 Å². The summed E-state index contributed by atoms with van der Waals surface area (Å²) in [6.45, 7) is 1.81. The van der Waals surface area contributed by atoms with Crippen LogP contribution in [0.2, 0.25) is 0 Å². The van der Waals surface area contributed by atoms with Crippen molar-refractivity contribution in [3.8, 4) is 0 Å². The minimum atomic E-state index is -0.327. The predicted octanol–water partition coefficient (Wildman–Crippen LogP) is 0.645. The van der Waals surface area contributed by atoms with Crippen LogP contribution in [0.4, 0.5) is 5.95 Å². The van der Waals surface area contributed by atoms with E-state index in [1.807, 2.05) is 6.92 Å². The van der Waals surface area contributed by atoms with Gasteiger partial charge in [-0.2, -0.15) is 10.1 Å². The first-order chi connectivity index (χ1) is 6.68. The van der Waals surface area contributed by atoms with Crippen LogP contribution in [0.25, 0.3) is 0 Å². The van der Waals surface area contributed by atoms with Gasteiger partial charge >= 0.3 is 0 Å². The van der Waals surface area contributed by atoms with Crippen LogP contribution >= 0.6 is 0 Å². The molecule has 2 unspecified atom stereocenters. The number of rotatable bonds is 1. The van der Waals surface area contributed by atoms with Crippen molar-refractivity contribution in [3.05, 3.63) is 5.82 Å². The SMILES string of the molecule is Cc1nc(N)n(C2CCCCC2O)n1. The van der Waals surface area contributed by atoms with Crippen LogP contribution in [0.5, 0.6) is 0 Å². The molecule has 0 radical (unpaired) electrons. The minimum Gasteiger partial charge on any atom is -0.391 e. The van der Waals surface area contributed by atoms with Crippen molar-refractivity contribution in [2.24, 2.45) is 0 Å². The molecule has 14 heavy (non-hydrogen) atoms. The Balaban J connectivity index is 2.24. The average Bonchev–Trinajstić information content (AvgIpc) is 2.46. The van der Waals surface area contributed by atoms with Crippen LogP contribution in [0.1, 0.15) is 37.5 Å². The Labute approximate surface area is 82.9 Å². The van der Waals surface area contributed by atoms with Crippen LogP contribution in [0, 0.1) is 6.92 Å². The zero-order valence-corrected chi connectivity index (χ0v) is 8.35. The first-order valence-electron chi connectivity index (χ1n) is 5.05. The fourth-order valence-electron chi connectivity index (χ4n) is 2.07. The molecule has 1 aromatic rings. The zero-order chi connectivity index (χ0) is 10.1.